The van der Waals surface area contributed by atoms with Gasteiger partial charge in [-0.05, 0) is 32.9 Å². The Morgan fingerprint density at radius 2 is 2.18 bits per heavy atom. The summed E-state index contributed by atoms with van der Waals surface area (Å²) in [6, 6.07) is 4.81. The third-order valence-electron chi connectivity index (χ3n) is 2.93. The molecule has 0 aliphatic heterocycles. The fourth-order valence-corrected chi connectivity index (χ4v) is 3.03. The van der Waals surface area contributed by atoms with Crippen molar-refractivity contribution in [3.05, 3.63) is 40.1 Å². The van der Waals surface area contributed by atoms with E-state index in [1.165, 1.54) is 9.75 Å². The van der Waals surface area contributed by atoms with Crippen LogP contribution in [0, 0.1) is 6.92 Å². The van der Waals surface area contributed by atoms with Gasteiger partial charge < -0.3 is 10.3 Å². The van der Waals surface area contributed by atoms with Gasteiger partial charge >= 0.3 is 0 Å². The second-order valence-electron chi connectivity index (χ2n) is 4.58. The summed E-state index contributed by atoms with van der Waals surface area (Å²) in [6.07, 6.45) is 4.78. The van der Waals surface area contributed by atoms with Gasteiger partial charge in [0.25, 0.3) is 0 Å². The highest BCUT2D eigenvalue weighted by Crippen LogP contribution is 2.23. The van der Waals surface area contributed by atoms with Crippen LogP contribution in [-0.4, -0.2) is 9.55 Å². The molecule has 2 rings (SSSR count). The van der Waals surface area contributed by atoms with Gasteiger partial charge in [0.2, 0.25) is 0 Å². The zero-order chi connectivity index (χ0) is 12.4. The number of rotatable bonds is 4. The van der Waals surface area contributed by atoms with Crippen LogP contribution in [0.1, 0.15) is 41.4 Å². The molecule has 0 saturated carbocycles. The van der Waals surface area contributed by atoms with Crippen LogP contribution in [0.2, 0.25) is 0 Å². The Hall–Kier alpha value is -1.13. The Balaban J connectivity index is 2.14. The van der Waals surface area contributed by atoms with E-state index in [-0.39, 0.29) is 6.04 Å². The van der Waals surface area contributed by atoms with E-state index in [0.29, 0.717) is 6.04 Å². The summed E-state index contributed by atoms with van der Waals surface area (Å²) in [6.45, 7) is 6.35. The first-order valence-corrected chi connectivity index (χ1v) is 6.72. The Bertz CT molecular complexity index is 484. The van der Waals surface area contributed by atoms with E-state index in [0.717, 1.165) is 12.1 Å². The van der Waals surface area contributed by atoms with Crippen LogP contribution >= 0.6 is 11.3 Å². The van der Waals surface area contributed by atoms with Crippen molar-refractivity contribution in [3.63, 3.8) is 0 Å². The lowest BCUT2D eigenvalue weighted by atomic mass is 10.2. The smallest absolute Gasteiger partial charge is 0.0951 e. The minimum absolute atomic E-state index is 0.0324. The van der Waals surface area contributed by atoms with Crippen molar-refractivity contribution in [1.29, 1.82) is 0 Å². The Morgan fingerprint density at radius 3 is 2.76 bits per heavy atom. The molecule has 0 amide bonds. The third kappa shape index (κ3) is 2.76. The minimum Gasteiger partial charge on any atom is -0.330 e. The summed E-state index contributed by atoms with van der Waals surface area (Å²) < 4.78 is 2.18. The predicted molar refractivity (Wildman–Crippen MR) is 72.3 cm³/mol. The highest BCUT2D eigenvalue weighted by molar-refractivity contribution is 7.11. The zero-order valence-corrected chi connectivity index (χ0v) is 11.4. The van der Waals surface area contributed by atoms with Gasteiger partial charge in [-0.3, -0.25) is 0 Å². The summed E-state index contributed by atoms with van der Waals surface area (Å²) in [7, 11) is 0. The molecule has 3 nitrogen and oxygen atoms in total. The lowest BCUT2D eigenvalue weighted by Crippen LogP contribution is -2.15. The summed E-state index contributed by atoms with van der Waals surface area (Å²) in [4.78, 5) is 6.98. The highest BCUT2D eigenvalue weighted by Gasteiger charge is 2.13. The van der Waals surface area contributed by atoms with Gasteiger partial charge in [-0.2, -0.15) is 0 Å². The van der Waals surface area contributed by atoms with Crippen LogP contribution in [0.3, 0.4) is 0 Å². The molecule has 0 saturated heterocycles. The SMILES string of the molecule is Cc1ccc(CC(C)n2cncc2[C@H](C)N)s1. The maximum atomic E-state index is 5.94. The molecular formula is C13H19N3S. The van der Waals surface area contributed by atoms with Crippen molar-refractivity contribution in [2.45, 2.75) is 39.3 Å². The van der Waals surface area contributed by atoms with Crippen LogP contribution in [0.5, 0.6) is 0 Å². The second kappa shape index (κ2) is 5.02. The Labute approximate surface area is 106 Å². The molecule has 2 atom stereocenters. The van der Waals surface area contributed by atoms with Gasteiger partial charge in [-0.15, -0.1) is 11.3 Å². The number of aromatic nitrogens is 2. The number of imidazole rings is 1. The molecule has 2 aromatic heterocycles. The number of hydrogen-bond donors (Lipinski definition) is 1. The second-order valence-corrected chi connectivity index (χ2v) is 5.95. The van der Waals surface area contributed by atoms with Crippen molar-refractivity contribution in [3.8, 4) is 0 Å². The number of nitrogens with zero attached hydrogens (tertiary/aromatic N) is 2. The first kappa shape index (κ1) is 12.3. The molecule has 2 heterocycles. The standard InChI is InChI=1S/C13H19N3S/c1-9(6-12-5-4-10(2)17-12)16-8-15-7-13(16)11(3)14/h4-5,7-9,11H,6,14H2,1-3H3/t9?,11-/m0/s1. The summed E-state index contributed by atoms with van der Waals surface area (Å²) >= 11 is 1.86. The van der Waals surface area contributed by atoms with Crippen molar-refractivity contribution in [2.75, 3.05) is 0 Å². The molecule has 0 spiro atoms. The molecule has 2 N–H and O–H groups in total. The van der Waals surface area contributed by atoms with E-state index in [9.17, 15) is 0 Å². The van der Waals surface area contributed by atoms with Crippen LogP contribution in [-0.2, 0) is 6.42 Å². The molecular weight excluding hydrogens is 230 g/mol. The van der Waals surface area contributed by atoms with Gasteiger partial charge in [0, 0.05) is 34.5 Å². The summed E-state index contributed by atoms with van der Waals surface area (Å²) in [5.41, 5.74) is 7.04. The van der Waals surface area contributed by atoms with Crippen LogP contribution in [0.4, 0.5) is 0 Å². The van der Waals surface area contributed by atoms with Gasteiger partial charge in [0.05, 0.1) is 12.0 Å². The van der Waals surface area contributed by atoms with E-state index in [4.69, 9.17) is 5.73 Å². The molecule has 17 heavy (non-hydrogen) atoms. The van der Waals surface area contributed by atoms with Crippen molar-refractivity contribution in [1.82, 2.24) is 9.55 Å². The molecule has 0 radical (unpaired) electrons. The zero-order valence-electron chi connectivity index (χ0n) is 10.6. The van der Waals surface area contributed by atoms with Gasteiger partial charge in [-0.25, -0.2) is 4.98 Å². The average Bonchev–Trinajstić information content (AvgIpc) is 2.86. The molecule has 0 fully saturated rings. The lowest BCUT2D eigenvalue weighted by molar-refractivity contribution is 0.513. The predicted octanol–water partition coefficient (Wildman–Crippen LogP) is 3.08. The fourth-order valence-electron chi connectivity index (χ4n) is 2.02. The first-order valence-electron chi connectivity index (χ1n) is 5.90. The van der Waals surface area contributed by atoms with E-state index >= 15 is 0 Å². The van der Waals surface area contributed by atoms with Gasteiger partial charge in [0.15, 0.2) is 0 Å². The number of thiophene rings is 1. The van der Waals surface area contributed by atoms with E-state index < -0.39 is 0 Å². The van der Waals surface area contributed by atoms with Crippen LogP contribution < -0.4 is 5.73 Å². The quantitative estimate of drug-likeness (QED) is 0.905. The normalized spacial score (nSPS) is 14.8. The average molecular weight is 249 g/mol. The third-order valence-corrected chi connectivity index (χ3v) is 3.95. The molecule has 1 unspecified atom stereocenters. The van der Waals surface area contributed by atoms with Crippen LogP contribution in [0.25, 0.3) is 0 Å². The fraction of sp³-hybridized carbons (Fsp3) is 0.462. The molecule has 0 bridgehead atoms. The maximum absolute atomic E-state index is 5.94. The van der Waals surface area contributed by atoms with Gasteiger partial charge in [-0.1, -0.05) is 0 Å². The lowest BCUT2D eigenvalue weighted by Gasteiger charge is -2.17. The largest absolute Gasteiger partial charge is 0.330 e. The van der Waals surface area contributed by atoms with Crippen molar-refractivity contribution in [2.24, 2.45) is 5.73 Å². The van der Waals surface area contributed by atoms with Crippen molar-refractivity contribution >= 4 is 11.3 Å². The molecule has 0 aromatic carbocycles. The van der Waals surface area contributed by atoms with E-state index in [1.54, 1.807) is 0 Å². The monoisotopic (exact) mass is 249 g/mol. The Morgan fingerprint density at radius 1 is 1.41 bits per heavy atom. The first-order chi connectivity index (χ1) is 8.08. The summed E-state index contributed by atoms with van der Waals surface area (Å²) in [5, 5.41) is 0. The molecule has 4 heteroatoms. The van der Waals surface area contributed by atoms with Crippen molar-refractivity contribution < 1.29 is 0 Å². The highest BCUT2D eigenvalue weighted by atomic mass is 32.1. The molecule has 92 valence electrons. The maximum Gasteiger partial charge on any atom is 0.0951 e. The topological polar surface area (TPSA) is 43.8 Å². The molecule has 2 aromatic rings. The molecule has 0 aliphatic carbocycles. The van der Waals surface area contributed by atoms with Gasteiger partial charge in [0.1, 0.15) is 0 Å². The molecule has 0 aliphatic rings. The minimum atomic E-state index is 0.0324. The number of nitrogens with two attached hydrogens (primary N) is 1. The van der Waals surface area contributed by atoms with Crippen LogP contribution in [0.15, 0.2) is 24.7 Å². The number of hydrogen-bond acceptors (Lipinski definition) is 3. The summed E-state index contributed by atoms with van der Waals surface area (Å²) in [5.74, 6) is 0. The number of aryl methyl sites for hydroxylation is 1. The van der Waals surface area contributed by atoms with E-state index in [2.05, 4.69) is 35.5 Å². The van der Waals surface area contributed by atoms with E-state index in [1.807, 2.05) is 30.8 Å². The Kier molecular flexibility index (Phi) is 3.64.